The summed E-state index contributed by atoms with van der Waals surface area (Å²) in [5, 5.41) is 7.82. The Morgan fingerprint density at radius 1 is 0.577 bits per heavy atom. The van der Waals surface area contributed by atoms with E-state index in [1.54, 1.807) is 36.4 Å². The second-order valence-corrected chi connectivity index (χ2v) is 16.7. The van der Waals surface area contributed by atoms with Gasteiger partial charge in [0.05, 0.1) is 56.3 Å². The number of ether oxygens (including phenoxy) is 2. The monoisotopic (exact) mass is 776 g/mol. The van der Waals surface area contributed by atoms with Gasteiger partial charge in [-0.15, -0.1) is 0 Å². The number of nitrogens with zero attached hydrogens (tertiary/aromatic N) is 2. The lowest BCUT2D eigenvalue weighted by atomic mass is 9.75. The Labute approximate surface area is 321 Å². The van der Waals surface area contributed by atoms with E-state index in [1.807, 2.05) is 38.4 Å². The van der Waals surface area contributed by atoms with Crippen molar-refractivity contribution in [1.29, 1.82) is 0 Å². The Morgan fingerprint density at radius 2 is 0.981 bits per heavy atom. The number of rotatable bonds is 6. The van der Waals surface area contributed by atoms with Crippen LogP contribution in [0, 0.1) is 49.4 Å². The third kappa shape index (κ3) is 6.09. The molecule has 0 spiro atoms. The molecule has 10 rings (SSSR count). The van der Waals surface area contributed by atoms with Crippen molar-refractivity contribution in [2.45, 2.75) is 62.9 Å². The number of pyridine rings is 2. The SMILES string of the molecule is Cc1cc([C@@H]2[C@@H]3O[C@@H]([C@H]4C[C@H]43)[C@@H]2C(=O)Nc2ccc(Cl)c(Cl)c2)ccn1.Cc1cc([C@H]2[C@H]3O[C@H]([C@@H]4C[C@@H]43)[C@H]2C(=O)Nc2ccc(Cl)c(Cl)c2)ccn1. The van der Waals surface area contributed by atoms with Gasteiger partial charge in [0, 0.05) is 47.0 Å². The highest BCUT2D eigenvalue weighted by molar-refractivity contribution is 6.42. The van der Waals surface area contributed by atoms with Crippen LogP contribution in [0.4, 0.5) is 11.4 Å². The summed E-state index contributed by atoms with van der Waals surface area (Å²) in [6.07, 6.45) is 6.26. The first-order valence-corrected chi connectivity index (χ1v) is 19.2. The minimum Gasteiger partial charge on any atom is -0.373 e. The van der Waals surface area contributed by atoms with Gasteiger partial charge in [0.25, 0.3) is 0 Å². The maximum atomic E-state index is 13.2. The van der Waals surface area contributed by atoms with Crippen LogP contribution in [0.25, 0.3) is 0 Å². The average molecular weight is 779 g/mol. The number of hydrogen-bond donors (Lipinski definition) is 2. The summed E-state index contributed by atoms with van der Waals surface area (Å²) in [6, 6.07) is 18.5. The largest absolute Gasteiger partial charge is 0.373 e. The minimum absolute atomic E-state index is 0.00578. The minimum atomic E-state index is -0.194. The van der Waals surface area contributed by atoms with Gasteiger partial charge in [0.1, 0.15) is 0 Å². The van der Waals surface area contributed by atoms with Crippen LogP contribution in [0.3, 0.4) is 0 Å². The van der Waals surface area contributed by atoms with Crippen LogP contribution in [0.2, 0.25) is 20.1 Å². The van der Waals surface area contributed by atoms with Crippen LogP contribution in [0.15, 0.2) is 73.1 Å². The lowest BCUT2D eigenvalue weighted by molar-refractivity contribution is -0.122. The normalized spacial score (nSPS) is 33.8. The van der Waals surface area contributed by atoms with E-state index in [0.29, 0.717) is 55.1 Å². The molecule has 268 valence electrons. The summed E-state index contributed by atoms with van der Waals surface area (Å²) in [7, 11) is 0. The number of anilines is 2. The number of fused-ring (bicyclic) bond motifs is 10. The van der Waals surface area contributed by atoms with Crippen molar-refractivity contribution in [3.05, 3.63) is 116 Å². The first-order valence-electron chi connectivity index (χ1n) is 17.7. The van der Waals surface area contributed by atoms with Gasteiger partial charge < -0.3 is 20.1 Å². The molecular formula is C40H36Cl4N4O4. The van der Waals surface area contributed by atoms with Gasteiger partial charge in [0.15, 0.2) is 0 Å². The first kappa shape index (κ1) is 34.5. The number of aryl methyl sites for hydroxylation is 2. The van der Waals surface area contributed by atoms with Crippen LogP contribution in [0.1, 0.15) is 47.2 Å². The van der Waals surface area contributed by atoms with Crippen LogP contribution in [-0.4, -0.2) is 46.2 Å². The van der Waals surface area contributed by atoms with E-state index in [2.05, 4.69) is 32.7 Å². The van der Waals surface area contributed by atoms with Gasteiger partial charge in [-0.1, -0.05) is 46.4 Å². The molecule has 12 atom stereocenters. The van der Waals surface area contributed by atoms with Gasteiger partial charge in [-0.3, -0.25) is 19.6 Å². The number of hydrogen-bond acceptors (Lipinski definition) is 6. The van der Waals surface area contributed by atoms with Crippen molar-refractivity contribution in [3.8, 4) is 0 Å². The quantitative estimate of drug-likeness (QED) is 0.203. The van der Waals surface area contributed by atoms with Crippen molar-refractivity contribution in [2.75, 3.05) is 10.6 Å². The fourth-order valence-electron chi connectivity index (χ4n) is 9.54. The van der Waals surface area contributed by atoms with E-state index in [4.69, 9.17) is 55.9 Å². The Balaban J connectivity index is 0.000000138. The third-order valence-corrected chi connectivity index (χ3v) is 13.4. The standard InChI is InChI=1S/2C20H18Cl2N2O2/c2*1-9-6-10(4-5-23-9)16-17(19-13-8-12(13)18(16)26-19)20(25)24-11-2-3-14(21)15(22)7-11/h2*2-7,12-13,16-19H,8H2,1H3,(H,24,25)/t2*12-,13+,16+,17-,18-,19+/m10/s1. The molecule has 2 aromatic carbocycles. The first-order chi connectivity index (χ1) is 25.0. The van der Waals surface area contributed by atoms with E-state index in [9.17, 15) is 9.59 Å². The Kier molecular flexibility index (Phi) is 8.80. The second-order valence-electron chi connectivity index (χ2n) is 15.1. The summed E-state index contributed by atoms with van der Waals surface area (Å²) in [4.78, 5) is 34.9. The molecule has 0 unspecified atom stereocenters. The van der Waals surface area contributed by atoms with Gasteiger partial charge in [-0.05, 0) is 122 Å². The lowest BCUT2D eigenvalue weighted by Crippen LogP contribution is -2.37. The van der Waals surface area contributed by atoms with Gasteiger partial charge in [0.2, 0.25) is 11.8 Å². The van der Waals surface area contributed by atoms with E-state index in [0.717, 1.165) is 22.5 Å². The molecule has 2 N–H and O–H groups in total. The van der Waals surface area contributed by atoms with E-state index in [1.165, 1.54) is 12.8 Å². The fraction of sp³-hybridized carbons (Fsp3) is 0.400. The summed E-state index contributed by atoms with van der Waals surface area (Å²) in [6.45, 7) is 3.95. The number of aromatic nitrogens is 2. The number of carbonyl (C=O) groups excluding carboxylic acids is 2. The lowest BCUT2D eigenvalue weighted by Gasteiger charge is -2.27. The van der Waals surface area contributed by atoms with E-state index >= 15 is 0 Å². The molecule has 6 aliphatic rings. The molecule has 4 bridgehead atoms. The predicted octanol–water partition coefficient (Wildman–Crippen LogP) is 8.90. The average Bonchev–Trinajstić information content (AvgIpc) is 3.96. The van der Waals surface area contributed by atoms with Crippen molar-refractivity contribution in [2.24, 2.45) is 35.5 Å². The zero-order valence-electron chi connectivity index (χ0n) is 28.3. The van der Waals surface area contributed by atoms with Gasteiger partial charge in [-0.25, -0.2) is 0 Å². The molecule has 4 saturated heterocycles. The number of benzene rings is 2. The molecule has 8 nitrogen and oxygen atoms in total. The Bertz CT molecular complexity index is 1950. The van der Waals surface area contributed by atoms with Gasteiger partial charge in [-0.2, -0.15) is 0 Å². The van der Waals surface area contributed by atoms with Crippen LogP contribution >= 0.6 is 46.4 Å². The van der Waals surface area contributed by atoms with E-state index in [-0.39, 0.29) is 59.9 Å². The smallest absolute Gasteiger partial charge is 0.230 e. The highest BCUT2D eigenvalue weighted by Gasteiger charge is 2.69. The van der Waals surface area contributed by atoms with Gasteiger partial charge >= 0.3 is 0 Å². The van der Waals surface area contributed by atoms with Crippen molar-refractivity contribution >= 4 is 69.6 Å². The van der Waals surface area contributed by atoms with Crippen LogP contribution in [0.5, 0.6) is 0 Å². The predicted molar refractivity (Wildman–Crippen MR) is 201 cm³/mol. The number of nitrogens with one attached hydrogen (secondary N) is 2. The maximum absolute atomic E-state index is 13.2. The molecule has 52 heavy (non-hydrogen) atoms. The Morgan fingerprint density at radius 3 is 1.37 bits per heavy atom. The molecule has 2 aliphatic carbocycles. The van der Waals surface area contributed by atoms with Crippen LogP contribution < -0.4 is 10.6 Å². The molecule has 6 heterocycles. The van der Waals surface area contributed by atoms with Crippen molar-refractivity contribution in [3.63, 3.8) is 0 Å². The fourth-order valence-corrected chi connectivity index (χ4v) is 10.1. The number of amides is 2. The zero-order chi connectivity index (χ0) is 36.0. The Hall–Kier alpha value is -3.24. The van der Waals surface area contributed by atoms with Crippen LogP contribution in [-0.2, 0) is 19.1 Å². The summed E-state index contributed by atoms with van der Waals surface area (Å²) < 4.78 is 12.5. The third-order valence-electron chi connectivity index (χ3n) is 11.9. The zero-order valence-corrected chi connectivity index (χ0v) is 31.3. The highest BCUT2D eigenvalue weighted by Crippen LogP contribution is 2.66. The topological polar surface area (TPSA) is 102 Å². The second kappa shape index (κ2) is 13.3. The molecule has 2 amide bonds. The van der Waals surface area contributed by atoms with E-state index < -0.39 is 0 Å². The number of carbonyl (C=O) groups is 2. The summed E-state index contributed by atoms with van der Waals surface area (Å²) in [5.74, 6) is 2.01. The number of halogens is 4. The molecule has 4 aliphatic heterocycles. The molecule has 4 aromatic rings. The molecule has 0 radical (unpaired) electrons. The summed E-state index contributed by atoms with van der Waals surface area (Å²) >= 11 is 24.1. The molecular weight excluding hydrogens is 742 g/mol. The summed E-state index contributed by atoms with van der Waals surface area (Å²) in [5.41, 5.74) is 5.52. The van der Waals surface area contributed by atoms with Crippen molar-refractivity contribution in [1.82, 2.24) is 9.97 Å². The van der Waals surface area contributed by atoms with Crippen molar-refractivity contribution < 1.29 is 19.1 Å². The molecule has 2 saturated carbocycles. The molecule has 6 fully saturated rings. The highest BCUT2D eigenvalue weighted by atomic mass is 35.5. The molecule has 12 heteroatoms. The molecule has 2 aromatic heterocycles. The maximum Gasteiger partial charge on any atom is 0.230 e.